The van der Waals surface area contributed by atoms with Gasteiger partial charge in [-0.2, -0.15) is 0 Å². The zero-order valence-electron chi connectivity index (χ0n) is 14.6. The fourth-order valence-electron chi connectivity index (χ4n) is 3.01. The first-order chi connectivity index (χ1) is 13.3. The van der Waals surface area contributed by atoms with Crippen molar-refractivity contribution in [3.63, 3.8) is 0 Å². The molecular formula is C17H16ClN3O6S. The summed E-state index contributed by atoms with van der Waals surface area (Å²) in [5.74, 6) is -1.66. The van der Waals surface area contributed by atoms with Crippen LogP contribution in [-0.4, -0.2) is 56.5 Å². The van der Waals surface area contributed by atoms with E-state index >= 15 is 0 Å². The molecule has 0 atom stereocenters. The number of imide groups is 1. The number of hydrogen-bond donors (Lipinski definition) is 1. The standard InChI is InChI=1S/C17H16ClN3O6S/c18-11-6-10(15(23)12(8-11)21(26)27)7-13-16(24)20(17(25)28-13)9-14(22)19-4-2-1-3-5-19/h6-8,23H,1-5,9H2/b13-7-. The van der Waals surface area contributed by atoms with E-state index in [1.807, 2.05) is 0 Å². The van der Waals surface area contributed by atoms with Gasteiger partial charge in [-0.1, -0.05) is 11.6 Å². The molecule has 11 heteroatoms. The number of carbonyl (C=O) groups is 3. The SMILES string of the molecule is O=C(CN1C(=O)S/C(=C\c2cc(Cl)cc([N+](=O)[O-])c2O)C1=O)N1CCCCC1. The molecule has 0 unspecified atom stereocenters. The Morgan fingerprint density at radius 1 is 1.29 bits per heavy atom. The van der Waals surface area contributed by atoms with Gasteiger partial charge in [0.2, 0.25) is 11.7 Å². The van der Waals surface area contributed by atoms with E-state index < -0.39 is 27.5 Å². The molecule has 0 aromatic heterocycles. The van der Waals surface area contributed by atoms with E-state index in [4.69, 9.17) is 11.6 Å². The molecule has 0 aliphatic carbocycles. The lowest BCUT2D eigenvalue weighted by atomic mass is 10.1. The van der Waals surface area contributed by atoms with E-state index in [-0.39, 0.29) is 27.9 Å². The van der Waals surface area contributed by atoms with Crippen molar-refractivity contribution in [2.24, 2.45) is 0 Å². The Morgan fingerprint density at radius 3 is 2.61 bits per heavy atom. The van der Waals surface area contributed by atoms with E-state index in [0.29, 0.717) is 24.9 Å². The summed E-state index contributed by atoms with van der Waals surface area (Å²) in [6.45, 7) is 0.847. The van der Waals surface area contributed by atoms with Gasteiger partial charge in [-0.3, -0.25) is 29.4 Å². The monoisotopic (exact) mass is 425 g/mol. The highest BCUT2D eigenvalue weighted by atomic mass is 35.5. The number of nitrogens with zero attached hydrogens (tertiary/aromatic N) is 3. The Balaban J connectivity index is 1.81. The summed E-state index contributed by atoms with van der Waals surface area (Å²) in [6, 6.07) is 2.23. The van der Waals surface area contributed by atoms with Gasteiger partial charge >= 0.3 is 5.69 Å². The number of carbonyl (C=O) groups excluding carboxylic acids is 3. The van der Waals surface area contributed by atoms with Crippen LogP contribution in [0.2, 0.25) is 5.02 Å². The average Bonchev–Trinajstić information content (AvgIpc) is 2.92. The molecule has 3 amide bonds. The Morgan fingerprint density at radius 2 is 1.96 bits per heavy atom. The Kier molecular flexibility index (Phi) is 5.90. The van der Waals surface area contributed by atoms with Crippen molar-refractivity contribution in [1.82, 2.24) is 9.80 Å². The molecular weight excluding hydrogens is 410 g/mol. The summed E-state index contributed by atoms with van der Waals surface area (Å²) >= 11 is 6.43. The van der Waals surface area contributed by atoms with Crippen molar-refractivity contribution in [1.29, 1.82) is 0 Å². The minimum absolute atomic E-state index is 0.00439. The molecule has 2 saturated heterocycles. The minimum Gasteiger partial charge on any atom is -0.502 e. The summed E-state index contributed by atoms with van der Waals surface area (Å²) in [5.41, 5.74) is -0.676. The second kappa shape index (κ2) is 8.19. The zero-order valence-corrected chi connectivity index (χ0v) is 16.2. The lowest BCUT2D eigenvalue weighted by Crippen LogP contribution is -2.44. The van der Waals surface area contributed by atoms with Crippen LogP contribution in [0.15, 0.2) is 17.0 Å². The third-order valence-corrected chi connectivity index (χ3v) is 5.57. The van der Waals surface area contributed by atoms with Crippen LogP contribution in [0.4, 0.5) is 10.5 Å². The number of phenolic OH excluding ortho intramolecular Hbond substituents is 1. The van der Waals surface area contributed by atoms with Crippen LogP contribution in [-0.2, 0) is 9.59 Å². The van der Waals surface area contributed by atoms with Gasteiger partial charge in [0, 0.05) is 29.7 Å². The average molecular weight is 426 g/mol. The molecule has 0 bridgehead atoms. The number of nitro benzene ring substituents is 1. The molecule has 2 aliphatic rings. The van der Waals surface area contributed by atoms with Gasteiger partial charge in [-0.15, -0.1) is 0 Å². The van der Waals surface area contributed by atoms with Gasteiger partial charge in [0.05, 0.1) is 9.83 Å². The number of amides is 3. The smallest absolute Gasteiger partial charge is 0.312 e. The maximum Gasteiger partial charge on any atom is 0.312 e. The predicted octanol–water partition coefficient (Wildman–Crippen LogP) is 3.00. The topological polar surface area (TPSA) is 121 Å². The van der Waals surface area contributed by atoms with Crippen LogP contribution in [0.3, 0.4) is 0 Å². The molecule has 2 aliphatic heterocycles. The summed E-state index contributed by atoms with van der Waals surface area (Å²) in [6.07, 6.45) is 3.98. The van der Waals surface area contributed by atoms with Crippen molar-refractivity contribution in [2.75, 3.05) is 19.6 Å². The molecule has 0 radical (unpaired) electrons. The Hall–Kier alpha value is -2.59. The number of nitro groups is 1. The second-order valence-electron chi connectivity index (χ2n) is 6.33. The first-order valence-electron chi connectivity index (χ1n) is 8.48. The van der Waals surface area contributed by atoms with Crippen molar-refractivity contribution < 1.29 is 24.4 Å². The highest BCUT2D eigenvalue weighted by Gasteiger charge is 2.37. The molecule has 2 fully saturated rings. The number of phenols is 1. The lowest BCUT2D eigenvalue weighted by Gasteiger charge is -2.27. The molecule has 1 aromatic rings. The number of benzene rings is 1. The van der Waals surface area contributed by atoms with Crippen molar-refractivity contribution >= 4 is 52.2 Å². The number of likely N-dealkylation sites (tertiary alicyclic amines) is 1. The molecule has 9 nitrogen and oxygen atoms in total. The normalized spacial score (nSPS) is 18.8. The summed E-state index contributed by atoms with van der Waals surface area (Å²) < 4.78 is 0. The quantitative estimate of drug-likeness (QED) is 0.447. The number of hydrogen-bond acceptors (Lipinski definition) is 7. The Labute approximate surface area is 169 Å². The maximum absolute atomic E-state index is 12.6. The molecule has 1 N–H and O–H groups in total. The van der Waals surface area contributed by atoms with Crippen molar-refractivity contribution in [2.45, 2.75) is 19.3 Å². The van der Waals surface area contributed by atoms with Crippen molar-refractivity contribution in [3.05, 3.63) is 37.7 Å². The molecule has 3 rings (SSSR count). The van der Waals surface area contributed by atoms with Gasteiger partial charge in [-0.05, 0) is 43.2 Å². The lowest BCUT2D eigenvalue weighted by molar-refractivity contribution is -0.385. The van der Waals surface area contributed by atoms with Gasteiger partial charge in [0.25, 0.3) is 11.1 Å². The largest absolute Gasteiger partial charge is 0.502 e. The van der Waals surface area contributed by atoms with E-state index in [0.717, 1.165) is 36.3 Å². The predicted molar refractivity (Wildman–Crippen MR) is 103 cm³/mol. The van der Waals surface area contributed by atoms with Gasteiger partial charge in [0.1, 0.15) is 6.54 Å². The van der Waals surface area contributed by atoms with E-state index in [2.05, 4.69) is 0 Å². The van der Waals surface area contributed by atoms with Crippen LogP contribution in [0.1, 0.15) is 24.8 Å². The zero-order chi connectivity index (χ0) is 20.4. The maximum atomic E-state index is 12.6. The second-order valence-corrected chi connectivity index (χ2v) is 7.76. The van der Waals surface area contributed by atoms with Crippen LogP contribution in [0.25, 0.3) is 6.08 Å². The van der Waals surface area contributed by atoms with Gasteiger partial charge in [-0.25, -0.2) is 0 Å². The van der Waals surface area contributed by atoms with Crippen LogP contribution in [0, 0.1) is 10.1 Å². The first kappa shape index (κ1) is 20.2. The van der Waals surface area contributed by atoms with Crippen LogP contribution < -0.4 is 0 Å². The number of thioether (sulfide) groups is 1. The molecule has 2 heterocycles. The molecule has 1 aromatic carbocycles. The summed E-state index contributed by atoms with van der Waals surface area (Å²) in [5, 5.41) is 20.4. The van der Waals surface area contributed by atoms with Gasteiger partial charge in [0.15, 0.2) is 0 Å². The number of aromatic hydroxyl groups is 1. The molecule has 148 valence electrons. The molecule has 0 saturated carbocycles. The molecule has 28 heavy (non-hydrogen) atoms. The number of piperidine rings is 1. The van der Waals surface area contributed by atoms with Gasteiger partial charge < -0.3 is 10.0 Å². The van der Waals surface area contributed by atoms with E-state index in [1.165, 1.54) is 6.07 Å². The van der Waals surface area contributed by atoms with Crippen molar-refractivity contribution in [3.8, 4) is 5.75 Å². The van der Waals surface area contributed by atoms with E-state index in [9.17, 15) is 29.6 Å². The summed E-state index contributed by atoms with van der Waals surface area (Å²) in [7, 11) is 0. The van der Waals surface area contributed by atoms with Crippen LogP contribution in [0.5, 0.6) is 5.75 Å². The minimum atomic E-state index is -0.804. The number of halogens is 1. The third-order valence-electron chi connectivity index (χ3n) is 4.44. The fraction of sp³-hybridized carbons (Fsp3) is 0.353. The Bertz CT molecular complexity index is 897. The highest BCUT2D eigenvalue weighted by molar-refractivity contribution is 8.18. The summed E-state index contributed by atoms with van der Waals surface area (Å²) in [4.78, 5) is 49.7. The van der Waals surface area contributed by atoms with E-state index in [1.54, 1.807) is 4.90 Å². The highest BCUT2D eigenvalue weighted by Crippen LogP contribution is 2.38. The fourth-order valence-corrected chi connectivity index (χ4v) is 4.06. The first-order valence-corrected chi connectivity index (χ1v) is 9.67. The third kappa shape index (κ3) is 4.12. The van der Waals surface area contributed by atoms with Crippen LogP contribution >= 0.6 is 23.4 Å². The number of rotatable bonds is 4. The molecule has 0 spiro atoms.